The van der Waals surface area contributed by atoms with E-state index in [0.29, 0.717) is 4.09 Å². The fourth-order valence-corrected chi connectivity index (χ4v) is 2.24. The van der Waals surface area contributed by atoms with Crippen molar-refractivity contribution in [3.8, 4) is 11.4 Å². The van der Waals surface area contributed by atoms with Crippen LogP contribution >= 0.6 is 0 Å². The molecule has 9 nitrogen and oxygen atoms in total. The Balaban J connectivity index is 2.62. The van der Waals surface area contributed by atoms with E-state index in [1.54, 1.807) is 0 Å². The minimum absolute atomic E-state index is 0.0610. The first kappa shape index (κ1) is 14.6. The number of aromatic nitrogens is 4. The quantitative estimate of drug-likeness (QED) is 0.607. The zero-order chi connectivity index (χ0) is 14.9. The third-order valence-electron chi connectivity index (χ3n) is 2.52. The van der Waals surface area contributed by atoms with Crippen molar-refractivity contribution in [1.82, 2.24) is 23.5 Å². The highest BCUT2D eigenvalue weighted by Gasteiger charge is 2.27. The first-order valence-electron chi connectivity index (χ1n) is 5.49. The molecular formula is C9H12BN5O4S. The van der Waals surface area contributed by atoms with Crippen LogP contribution in [0.3, 0.4) is 0 Å². The highest BCUT2D eigenvalue weighted by molar-refractivity contribution is 7.87. The Bertz CT molecular complexity index is 700. The van der Waals surface area contributed by atoms with E-state index in [4.69, 9.17) is 0 Å². The predicted molar refractivity (Wildman–Crippen MR) is 71.1 cm³/mol. The molecule has 0 saturated heterocycles. The van der Waals surface area contributed by atoms with Crippen LogP contribution in [0.5, 0.6) is 0 Å². The zero-order valence-corrected chi connectivity index (χ0v) is 11.6. The number of hydrogen-bond acceptors (Lipinski definition) is 7. The van der Waals surface area contributed by atoms with Crippen LogP contribution in [0.25, 0.3) is 11.4 Å². The predicted octanol–water partition coefficient (Wildman–Crippen LogP) is -2.33. The van der Waals surface area contributed by atoms with E-state index in [9.17, 15) is 18.5 Å². The standard InChI is InChI=1S/C9H12BN5O4S/c1-14(2)20(18,19)15-5-7(10(16)17)9(13-15)8-3-4-11-6-12-8/h3-6,16-17H,1-2H3. The zero-order valence-electron chi connectivity index (χ0n) is 10.7. The normalized spacial score (nSPS) is 11.8. The van der Waals surface area contributed by atoms with Gasteiger partial charge in [-0.05, 0) is 6.07 Å². The lowest BCUT2D eigenvalue weighted by Crippen LogP contribution is -2.32. The maximum absolute atomic E-state index is 12.0. The average molecular weight is 297 g/mol. The fraction of sp³-hybridized carbons (Fsp3) is 0.222. The summed E-state index contributed by atoms with van der Waals surface area (Å²) >= 11 is 0. The second-order valence-electron chi connectivity index (χ2n) is 4.06. The third-order valence-corrected chi connectivity index (χ3v) is 4.10. The van der Waals surface area contributed by atoms with Gasteiger partial charge in [0.25, 0.3) is 0 Å². The van der Waals surface area contributed by atoms with Crippen molar-refractivity contribution in [1.29, 1.82) is 0 Å². The molecule has 2 rings (SSSR count). The van der Waals surface area contributed by atoms with Crippen LogP contribution in [-0.2, 0) is 10.2 Å². The smallest absolute Gasteiger partial charge is 0.423 e. The maximum Gasteiger partial charge on any atom is 0.492 e. The molecule has 11 heteroatoms. The number of rotatable bonds is 4. The number of hydrogen-bond donors (Lipinski definition) is 2. The van der Waals surface area contributed by atoms with Gasteiger partial charge < -0.3 is 10.0 Å². The highest BCUT2D eigenvalue weighted by Crippen LogP contribution is 2.12. The molecule has 0 radical (unpaired) electrons. The average Bonchev–Trinajstić information content (AvgIpc) is 2.85. The van der Waals surface area contributed by atoms with Crippen molar-refractivity contribution in [2.45, 2.75) is 0 Å². The molecule has 106 valence electrons. The first-order valence-corrected chi connectivity index (χ1v) is 6.89. The van der Waals surface area contributed by atoms with Gasteiger partial charge in [-0.3, -0.25) is 0 Å². The molecule has 0 unspecified atom stereocenters. The summed E-state index contributed by atoms with van der Waals surface area (Å²) in [5, 5.41) is 22.5. The van der Waals surface area contributed by atoms with Crippen LogP contribution in [0.2, 0.25) is 0 Å². The van der Waals surface area contributed by atoms with Gasteiger partial charge in [-0.1, -0.05) is 0 Å². The molecule has 0 fully saturated rings. The molecule has 0 spiro atoms. The van der Waals surface area contributed by atoms with Crippen molar-refractivity contribution in [3.05, 3.63) is 24.8 Å². The molecule has 2 aromatic heterocycles. The molecule has 0 aliphatic rings. The van der Waals surface area contributed by atoms with Gasteiger partial charge in [0.1, 0.15) is 12.0 Å². The van der Waals surface area contributed by atoms with Crippen LogP contribution < -0.4 is 5.46 Å². The van der Waals surface area contributed by atoms with Gasteiger partial charge in [-0.25, -0.2) is 9.97 Å². The summed E-state index contributed by atoms with van der Waals surface area (Å²) < 4.78 is 25.6. The Morgan fingerprint density at radius 1 is 1.35 bits per heavy atom. The molecule has 0 aromatic carbocycles. The lowest BCUT2D eigenvalue weighted by Gasteiger charge is -2.10. The molecule has 2 heterocycles. The molecule has 0 aliphatic heterocycles. The summed E-state index contributed by atoms with van der Waals surface area (Å²) in [5.74, 6) is 0. The summed E-state index contributed by atoms with van der Waals surface area (Å²) in [5.41, 5.74) is 0.290. The van der Waals surface area contributed by atoms with Gasteiger partial charge >= 0.3 is 17.3 Å². The van der Waals surface area contributed by atoms with E-state index in [1.165, 1.54) is 32.7 Å². The Hall–Kier alpha value is -1.82. The van der Waals surface area contributed by atoms with E-state index in [0.717, 1.165) is 10.5 Å². The first-order chi connectivity index (χ1) is 9.34. The highest BCUT2D eigenvalue weighted by atomic mass is 32.2. The summed E-state index contributed by atoms with van der Waals surface area (Å²) in [7, 11) is -3.03. The van der Waals surface area contributed by atoms with Crippen molar-refractivity contribution in [2.75, 3.05) is 14.1 Å². The van der Waals surface area contributed by atoms with E-state index in [-0.39, 0.29) is 16.9 Å². The van der Waals surface area contributed by atoms with Gasteiger partial charge in [-0.2, -0.15) is 21.9 Å². The van der Waals surface area contributed by atoms with E-state index < -0.39 is 17.3 Å². The van der Waals surface area contributed by atoms with Gasteiger partial charge in [0.15, 0.2) is 0 Å². The van der Waals surface area contributed by atoms with Crippen LogP contribution in [-0.4, -0.2) is 63.1 Å². The molecular weight excluding hydrogens is 285 g/mol. The summed E-state index contributed by atoms with van der Waals surface area (Å²) in [6, 6.07) is 1.49. The molecule has 2 aromatic rings. The van der Waals surface area contributed by atoms with Crippen LogP contribution in [0.1, 0.15) is 0 Å². The van der Waals surface area contributed by atoms with Crippen molar-refractivity contribution < 1.29 is 18.5 Å². The fourth-order valence-electron chi connectivity index (χ4n) is 1.47. The molecule has 0 saturated carbocycles. The minimum atomic E-state index is -3.85. The molecule has 0 amide bonds. The second-order valence-corrected chi connectivity index (χ2v) is 6.06. The van der Waals surface area contributed by atoms with Crippen molar-refractivity contribution in [3.63, 3.8) is 0 Å². The lowest BCUT2D eigenvalue weighted by molar-refractivity contribution is 0.426. The van der Waals surface area contributed by atoms with E-state index in [2.05, 4.69) is 15.1 Å². The molecule has 0 bridgehead atoms. The minimum Gasteiger partial charge on any atom is -0.423 e. The Morgan fingerprint density at radius 3 is 2.55 bits per heavy atom. The van der Waals surface area contributed by atoms with Gasteiger partial charge in [-0.15, -0.1) is 0 Å². The van der Waals surface area contributed by atoms with Crippen molar-refractivity contribution in [2.24, 2.45) is 0 Å². The molecule has 20 heavy (non-hydrogen) atoms. The molecule has 0 atom stereocenters. The monoisotopic (exact) mass is 297 g/mol. The second kappa shape index (κ2) is 5.29. The van der Waals surface area contributed by atoms with Gasteiger partial charge in [0.05, 0.1) is 5.69 Å². The maximum atomic E-state index is 12.0. The van der Waals surface area contributed by atoms with Gasteiger partial charge in [0.2, 0.25) is 0 Å². The summed E-state index contributed by atoms with van der Waals surface area (Å²) in [6.07, 6.45) is 3.73. The molecule has 0 aliphatic carbocycles. The topological polar surface area (TPSA) is 121 Å². The SMILES string of the molecule is CN(C)S(=O)(=O)n1cc(B(O)O)c(-c2ccncn2)n1. The Morgan fingerprint density at radius 2 is 2.05 bits per heavy atom. The van der Waals surface area contributed by atoms with Crippen LogP contribution in [0, 0.1) is 0 Å². The largest absolute Gasteiger partial charge is 0.492 e. The third kappa shape index (κ3) is 2.56. The Kier molecular flexibility index (Phi) is 3.86. The molecule has 2 N–H and O–H groups in total. The summed E-state index contributed by atoms with van der Waals surface area (Å²) in [4.78, 5) is 7.65. The Labute approximate surface area is 115 Å². The van der Waals surface area contributed by atoms with E-state index in [1.807, 2.05) is 0 Å². The summed E-state index contributed by atoms with van der Waals surface area (Å²) in [6.45, 7) is 0. The van der Waals surface area contributed by atoms with Gasteiger partial charge in [0, 0.05) is 32.0 Å². The number of nitrogens with zero attached hydrogens (tertiary/aromatic N) is 5. The lowest BCUT2D eigenvalue weighted by atomic mass is 9.80. The van der Waals surface area contributed by atoms with E-state index >= 15 is 0 Å². The van der Waals surface area contributed by atoms with Crippen LogP contribution in [0.4, 0.5) is 0 Å². The van der Waals surface area contributed by atoms with Crippen molar-refractivity contribution >= 4 is 22.8 Å². The van der Waals surface area contributed by atoms with Crippen LogP contribution in [0.15, 0.2) is 24.8 Å².